The van der Waals surface area contributed by atoms with Crippen molar-refractivity contribution in [2.75, 3.05) is 0 Å². The van der Waals surface area contributed by atoms with Crippen molar-refractivity contribution >= 4 is 0 Å². The molecule has 0 aliphatic heterocycles. The number of hydrogen-bond donors (Lipinski definition) is 0. The van der Waals surface area contributed by atoms with Gasteiger partial charge in [-0.15, -0.1) is 42.0 Å². The predicted molar refractivity (Wildman–Crippen MR) is 127 cm³/mol. The van der Waals surface area contributed by atoms with Crippen molar-refractivity contribution in [2.24, 2.45) is 0 Å². The molecule has 6 heteroatoms. The van der Waals surface area contributed by atoms with E-state index in [1.165, 1.54) is 0 Å². The Bertz CT molecular complexity index is 1340. The summed E-state index contributed by atoms with van der Waals surface area (Å²) in [5.41, 5.74) is 4.46. The van der Waals surface area contributed by atoms with Gasteiger partial charge < -0.3 is 9.97 Å². The largest absolute Gasteiger partial charge is 0.305 e. The molecule has 1 radical (unpaired) electrons. The molecule has 3 aromatic carbocycles. The summed E-state index contributed by atoms with van der Waals surface area (Å²) < 4.78 is 40.6. The van der Waals surface area contributed by atoms with Gasteiger partial charge in [0.15, 0.2) is 0 Å². The molecule has 5 aromatic rings. The second kappa shape index (κ2) is 12.2. The van der Waals surface area contributed by atoms with Crippen LogP contribution in [0, 0.1) is 36.5 Å². The molecule has 5 rings (SSSR count). The number of aromatic nitrogens is 2. The van der Waals surface area contributed by atoms with Gasteiger partial charge in [-0.1, -0.05) is 60.2 Å². The van der Waals surface area contributed by atoms with Crippen molar-refractivity contribution in [3.05, 3.63) is 132 Å². The van der Waals surface area contributed by atoms with E-state index in [0.29, 0.717) is 6.07 Å². The third-order valence-electron chi connectivity index (χ3n) is 5.02. The second-order valence-electron chi connectivity index (χ2n) is 7.40. The molecule has 0 bridgehead atoms. The molecule has 0 saturated carbocycles. The summed E-state index contributed by atoms with van der Waals surface area (Å²) >= 11 is 0. The third kappa shape index (κ3) is 6.50. The predicted octanol–water partition coefficient (Wildman–Crippen LogP) is 7.49. The maximum atomic E-state index is 13.9. The molecule has 177 valence electrons. The Labute approximate surface area is 215 Å². The van der Waals surface area contributed by atoms with E-state index in [1.807, 2.05) is 79.7 Å². The second-order valence-corrected chi connectivity index (χ2v) is 7.40. The zero-order valence-electron chi connectivity index (χ0n) is 18.6. The van der Waals surface area contributed by atoms with Gasteiger partial charge in [-0.3, -0.25) is 4.39 Å². The van der Waals surface area contributed by atoms with Gasteiger partial charge in [0.25, 0.3) is 0 Å². The number of nitrogens with zero attached hydrogens (tertiary/aromatic N) is 2. The number of benzene rings is 3. The van der Waals surface area contributed by atoms with Gasteiger partial charge in [0.1, 0.15) is 0 Å². The Hall–Kier alpha value is -3.60. The SMILES string of the molecule is Cc1cnc(-c2[c-]c(F)cc(F)c2F)cc1-c1ccccc1.[Ir].[c-]1ccccc1-c1ccccn1. The molecule has 0 atom stereocenters. The maximum Gasteiger partial charge on any atom is 0.0792 e. The summed E-state index contributed by atoms with van der Waals surface area (Å²) in [4.78, 5) is 8.29. The fraction of sp³-hybridized carbons (Fsp3) is 0.0345. The van der Waals surface area contributed by atoms with Gasteiger partial charge in [0, 0.05) is 38.3 Å². The average Bonchev–Trinajstić information content (AvgIpc) is 2.88. The van der Waals surface area contributed by atoms with Crippen LogP contribution in [0.1, 0.15) is 5.56 Å². The van der Waals surface area contributed by atoms with Crippen LogP contribution in [-0.2, 0) is 20.1 Å². The topological polar surface area (TPSA) is 25.8 Å². The molecular weight excluding hydrogens is 626 g/mol. The van der Waals surface area contributed by atoms with Crippen LogP contribution in [0.5, 0.6) is 0 Å². The monoisotopic (exact) mass is 645 g/mol. The molecule has 0 saturated heterocycles. The molecule has 0 amide bonds. The van der Waals surface area contributed by atoms with Crippen LogP contribution in [0.25, 0.3) is 33.6 Å². The molecule has 2 nitrogen and oxygen atoms in total. The summed E-state index contributed by atoms with van der Waals surface area (Å²) in [6.07, 6.45) is 3.34. The first kappa shape index (κ1) is 26.0. The van der Waals surface area contributed by atoms with Crippen molar-refractivity contribution in [2.45, 2.75) is 6.92 Å². The minimum Gasteiger partial charge on any atom is -0.305 e. The van der Waals surface area contributed by atoms with Crippen LogP contribution >= 0.6 is 0 Å². The fourth-order valence-electron chi connectivity index (χ4n) is 3.34. The van der Waals surface area contributed by atoms with Crippen molar-refractivity contribution < 1.29 is 33.3 Å². The standard InChI is InChI=1S/C18H11F3N.C11H8N.Ir/c1-11-10-22-17(9-14(11)12-5-3-2-4-6-12)15-7-13(19)8-16(20)18(15)21;1-2-6-10(7-3-1)11-8-4-5-9-12-11;/h2-6,8-10H,1H3;1-6,8-9H;/q2*-1;. The van der Waals surface area contributed by atoms with Gasteiger partial charge in [-0.25, -0.2) is 8.78 Å². The van der Waals surface area contributed by atoms with E-state index in [1.54, 1.807) is 18.5 Å². The van der Waals surface area contributed by atoms with E-state index in [0.717, 1.165) is 27.9 Å². The van der Waals surface area contributed by atoms with Crippen LogP contribution in [-0.4, -0.2) is 9.97 Å². The maximum absolute atomic E-state index is 13.9. The van der Waals surface area contributed by atoms with Gasteiger partial charge in [0.2, 0.25) is 0 Å². The summed E-state index contributed by atoms with van der Waals surface area (Å²) in [7, 11) is 0. The minimum absolute atomic E-state index is 0. The quantitative estimate of drug-likeness (QED) is 0.150. The van der Waals surface area contributed by atoms with Crippen LogP contribution in [0.4, 0.5) is 13.2 Å². The number of rotatable bonds is 3. The van der Waals surface area contributed by atoms with Crippen LogP contribution in [0.15, 0.2) is 97.3 Å². The van der Waals surface area contributed by atoms with Gasteiger partial charge in [-0.2, -0.15) is 0 Å². The molecule has 0 N–H and O–H groups in total. The molecule has 0 unspecified atom stereocenters. The number of aryl methyl sites for hydroxylation is 1. The summed E-state index contributed by atoms with van der Waals surface area (Å²) in [6, 6.07) is 30.5. The van der Waals surface area contributed by atoms with E-state index < -0.39 is 17.5 Å². The zero-order valence-corrected chi connectivity index (χ0v) is 21.0. The third-order valence-corrected chi connectivity index (χ3v) is 5.02. The molecule has 0 spiro atoms. The Morgan fingerprint density at radius 3 is 2.20 bits per heavy atom. The summed E-state index contributed by atoms with van der Waals surface area (Å²) in [5, 5.41) is 0. The first-order valence-electron chi connectivity index (χ1n) is 10.5. The van der Waals surface area contributed by atoms with Gasteiger partial charge in [0.05, 0.1) is 11.6 Å². The molecular formula is C29H19F3IrN2-2. The van der Waals surface area contributed by atoms with Crippen LogP contribution in [0.2, 0.25) is 0 Å². The number of pyridine rings is 2. The summed E-state index contributed by atoms with van der Waals surface area (Å²) in [6.45, 7) is 1.87. The van der Waals surface area contributed by atoms with Crippen molar-refractivity contribution in [1.29, 1.82) is 0 Å². The molecule has 0 aliphatic carbocycles. The smallest absolute Gasteiger partial charge is 0.0792 e. The van der Waals surface area contributed by atoms with E-state index in [2.05, 4.69) is 22.1 Å². The van der Waals surface area contributed by atoms with Crippen molar-refractivity contribution in [1.82, 2.24) is 9.97 Å². The molecule has 0 fully saturated rings. The van der Waals surface area contributed by atoms with Gasteiger partial charge in [-0.05, 0) is 41.1 Å². The first-order chi connectivity index (χ1) is 16.5. The Morgan fingerprint density at radius 2 is 1.51 bits per heavy atom. The van der Waals surface area contributed by atoms with Crippen LogP contribution in [0.3, 0.4) is 0 Å². The van der Waals surface area contributed by atoms with E-state index in [9.17, 15) is 13.2 Å². The van der Waals surface area contributed by atoms with Gasteiger partial charge >= 0.3 is 0 Å². The van der Waals surface area contributed by atoms with E-state index >= 15 is 0 Å². The molecule has 2 heterocycles. The fourth-order valence-corrected chi connectivity index (χ4v) is 3.34. The van der Waals surface area contributed by atoms with E-state index in [-0.39, 0.29) is 31.4 Å². The average molecular weight is 645 g/mol. The molecule has 35 heavy (non-hydrogen) atoms. The molecule has 0 aliphatic rings. The van der Waals surface area contributed by atoms with E-state index in [4.69, 9.17) is 0 Å². The Balaban J connectivity index is 0.000000223. The Morgan fingerprint density at radius 1 is 0.771 bits per heavy atom. The van der Waals surface area contributed by atoms with Crippen LogP contribution < -0.4 is 0 Å². The zero-order chi connectivity index (χ0) is 23.9. The normalized spacial score (nSPS) is 10.1. The van der Waals surface area contributed by atoms with Crippen molar-refractivity contribution in [3.8, 4) is 33.6 Å². The first-order valence-corrected chi connectivity index (χ1v) is 10.5. The summed E-state index contributed by atoms with van der Waals surface area (Å²) in [5.74, 6) is -3.37. The molecule has 2 aromatic heterocycles. The Kier molecular flexibility index (Phi) is 9.07. The van der Waals surface area contributed by atoms with Crippen molar-refractivity contribution in [3.63, 3.8) is 0 Å². The number of halogens is 3. The number of hydrogen-bond acceptors (Lipinski definition) is 2. The minimum atomic E-state index is -1.25.